The Kier molecular flexibility index (Phi) is 5.24. The number of ether oxygens (including phenoxy) is 1. The molecule has 0 aromatic heterocycles. The quantitative estimate of drug-likeness (QED) is 0.552. The summed E-state index contributed by atoms with van der Waals surface area (Å²) < 4.78 is 5.01. The van der Waals surface area contributed by atoms with E-state index in [9.17, 15) is 9.59 Å². The van der Waals surface area contributed by atoms with Crippen LogP contribution in [0.2, 0.25) is 0 Å². The highest BCUT2D eigenvalue weighted by atomic mass is 16.5. The van der Waals surface area contributed by atoms with Gasteiger partial charge in [0.05, 0.1) is 18.6 Å². The third-order valence-corrected chi connectivity index (χ3v) is 1.95. The normalized spacial score (nSPS) is 13.3. The molecule has 0 aliphatic heterocycles. The van der Waals surface area contributed by atoms with Crippen LogP contribution in [0.5, 0.6) is 0 Å². The zero-order valence-electron chi connectivity index (χ0n) is 9.11. The van der Waals surface area contributed by atoms with Crippen LogP contribution in [0, 0.1) is 0 Å². The van der Waals surface area contributed by atoms with E-state index in [2.05, 4.69) is 5.32 Å². The fourth-order valence-electron chi connectivity index (χ4n) is 0.890. The Bertz CT molecular complexity index is 239. The Morgan fingerprint density at radius 2 is 2.00 bits per heavy atom. The summed E-state index contributed by atoms with van der Waals surface area (Å²) in [5, 5.41) is 19.4. The van der Waals surface area contributed by atoms with Gasteiger partial charge in [-0.15, -0.1) is 0 Å². The zero-order valence-corrected chi connectivity index (χ0v) is 9.11. The van der Waals surface area contributed by atoms with E-state index in [-0.39, 0.29) is 6.42 Å². The minimum atomic E-state index is -1.26. The van der Waals surface area contributed by atoms with Crippen LogP contribution in [0.1, 0.15) is 20.3 Å². The molecule has 3 N–H and O–H groups in total. The van der Waals surface area contributed by atoms with Crippen molar-refractivity contribution in [2.24, 2.45) is 0 Å². The summed E-state index contributed by atoms with van der Waals surface area (Å²) in [5.41, 5.74) is -0.650. The van der Waals surface area contributed by atoms with E-state index < -0.39 is 30.1 Å². The summed E-state index contributed by atoms with van der Waals surface area (Å²) in [6, 6.07) is -1.26. The van der Waals surface area contributed by atoms with Crippen molar-refractivity contribution < 1.29 is 24.5 Å². The summed E-state index contributed by atoms with van der Waals surface area (Å²) in [4.78, 5) is 21.8. The first kappa shape index (κ1) is 13.9. The SMILES string of the molecule is COC(C)(C)CC(=O)NC(CO)C(=O)O. The molecule has 0 bridgehead atoms. The lowest BCUT2D eigenvalue weighted by molar-refractivity contribution is -0.143. The van der Waals surface area contributed by atoms with Gasteiger partial charge in [-0.2, -0.15) is 0 Å². The summed E-state index contributed by atoms with van der Waals surface area (Å²) in [5.74, 6) is -1.73. The van der Waals surface area contributed by atoms with Crippen molar-refractivity contribution in [3.05, 3.63) is 0 Å². The van der Waals surface area contributed by atoms with Crippen molar-refractivity contribution in [2.45, 2.75) is 31.9 Å². The van der Waals surface area contributed by atoms with Crippen LogP contribution in [0.4, 0.5) is 0 Å². The number of carboxylic acids is 1. The summed E-state index contributed by atoms with van der Waals surface area (Å²) >= 11 is 0. The van der Waals surface area contributed by atoms with Gasteiger partial charge in [0, 0.05) is 7.11 Å². The lowest BCUT2D eigenvalue weighted by Gasteiger charge is -2.22. The molecular formula is C9H17NO5. The van der Waals surface area contributed by atoms with Crippen LogP contribution < -0.4 is 5.32 Å². The largest absolute Gasteiger partial charge is 0.480 e. The molecule has 0 rings (SSSR count). The average molecular weight is 219 g/mol. The smallest absolute Gasteiger partial charge is 0.328 e. The van der Waals surface area contributed by atoms with Crippen molar-refractivity contribution in [3.8, 4) is 0 Å². The van der Waals surface area contributed by atoms with Gasteiger partial charge in [-0.25, -0.2) is 4.79 Å². The molecule has 0 saturated carbocycles. The Hall–Kier alpha value is -1.14. The molecule has 0 aliphatic rings. The highest BCUT2D eigenvalue weighted by Crippen LogP contribution is 2.12. The van der Waals surface area contributed by atoms with Gasteiger partial charge in [0.2, 0.25) is 5.91 Å². The molecule has 0 aromatic carbocycles. The molecule has 0 spiro atoms. The number of carbonyl (C=O) groups is 2. The van der Waals surface area contributed by atoms with Gasteiger partial charge in [0.15, 0.2) is 0 Å². The second-order valence-electron chi connectivity index (χ2n) is 3.78. The van der Waals surface area contributed by atoms with E-state index in [0.717, 1.165) is 0 Å². The van der Waals surface area contributed by atoms with E-state index in [0.29, 0.717) is 0 Å². The van der Waals surface area contributed by atoms with Gasteiger partial charge in [-0.3, -0.25) is 4.79 Å². The first-order valence-electron chi connectivity index (χ1n) is 4.50. The molecule has 1 unspecified atom stereocenters. The number of rotatable bonds is 6. The summed E-state index contributed by atoms with van der Waals surface area (Å²) in [6.07, 6.45) is 0.0350. The molecule has 0 aliphatic carbocycles. The van der Waals surface area contributed by atoms with E-state index in [1.807, 2.05) is 0 Å². The van der Waals surface area contributed by atoms with Crippen molar-refractivity contribution >= 4 is 11.9 Å². The average Bonchev–Trinajstić information content (AvgIpc) is 2.13. The number of hydrogen-bond donors (Lipinski definition) is 3. The maximum Gasteiger partial charge on any atom is 0.328 e. The minimum absolute atomic E-state index is 0.0350. The molecule has 6 heteroatoms. The molecule has 88 valence electrons. The maximum atomic E-state index is 11.3. The van der Waals surface area contributed by atoms with E-state index in [1.54, 1.807) is 13.8 Å². The van der Waals surface area contributed by atoms with Crippen LogP contribution >= 0.6 is 0 Å². The fourth-order valence-corrected chi connectivity index (χ4v) is 0.890. The molecule has 6 nitrogen and oxygen atoms in total. The standard InChI is InChI=1S/C9H17NO5/c1-9(2,15-3)4-7(12)10-6(5-11)8(13)14/h6,11H,4-5H2,1-3H3,(H,10,12)(H,13,14). The van der Waals surface area contributed by atoms with Gasteiger partial charge in [0.1, 0.15) is 6.04 Å². The highest BCUT2D eigenvalue weighted by Gasteiger charge is 2.24. The summed E-state index contributed by atoms with van der Waals surface area (Å²) in [7, 11) is 1.47. The number of aliphatic carboxylic acids is 1. The van der Waals surface area contributed by atoms with Crippen LogP contribution in [0.15, 0.2) is 0 Å². The molecule has 0 radical (unpaired) electrons. The van der Waals surface area contributed by atoms with Crippen molar-refractivity contribution in [1.29, 1.82) is 0 Å². The predicted octanol–water partition coefficient (Wildman–Crippen LogP) is -0.637. The third-order valence-electron chi connectivity index (χ3n) is 1.95. The van der Waals surface area contributed by atoms with E-state index in [4.69, 9.17) is 14.9 Å². The number of nitrogens with one attached hydrogen (secondary N) is 1. The fraction of sp³-hybridized carbons (Fsp3) is 0.778. The number of aliphatic hydroxyl groups is 1. The second kappa shape index (κ2) is 5.67. The number of methoxy groups -OCH3 is 1. The van der Waals surface area contributed by atoms with Gasteiger partial charge in [-0.1, -0.05) is 0 Å². The molecule has 15 heavy (non-hydrogen) atoms. The van der Waals surface area contributed by atoms with E-state index in [1.165, 1.54) is 7.11 Å². The molecular weight excluding hydrogens is 202 g/mol. The van der Waals surface area contributed by atoms with Crippen LogP contribution in [-0.2, 0) is 14.3 Å². The first-order valence-corrected chi connectivity index (χ1v) is 4.50. The molecule has 1 atom stereocenters. The molecule has 0 fully saturated rings. The topological polar surface area (TPSA) is 95.9 Å². The molecule has 0 aromatic rings. The minimum Gasteiger partial charge on any atom is -0.480 e. The molecule has 0 heterocycles. The second-order valence-corrected chi connectivity index (χ2v) is 3.78. The Morgan fingerprint density at radius 3 is 2.33 bits per heavy atom. The number of aliphatic hydroxyl groups excluding tert-OH is 1. The Labute approximate surface area is 88.2 Å². The van der Waals surface area contributed by atoms with E-state index >= 15 is 0 Å². The lowest BCUT2D eigenvalue weighted by Crippen LogP contribution is -2.45. The third kappa shape index (κ3) is 5.34. The van der Waals surface area contributed by atoms with Gasteiger partial charge >= 0.3 is 5.97 Å². The van der Waals surface area contributed by atoms with Crippen molar-refractivity contribution in [1.82, 2.24) is 5.32 Å². The van der Waals surface area contributed by atoms with Crippen molar-refractivity contribution in [2.75, 3.05) is 13.7 Å². The van der Waals surface area contributed by atoms with Crippen molar-refractivity contribution in [3.63, 3.8) is 0 Å². The lowest BCUT2D eigenvalue weighted by atomic mass is 10.0. The maximum absolute atomic E-state index is 11.3. The number of amides is 1. The van der Waals surface area contributed by atoms with Gasteiger partial charge in [-0.05, 0) is 13.8 Å². The van der Waals surface area contributed by atoms with Crippen LogP contribution in [0.3, 0.4) is 0 Å². The number of carboxylic acid groups (broad SMARTS) is 1. The predicted molar refractivity (Wildman–Crippen MR) is 52.4 cm³/mol. The van der Waals surface area contributed by atoms with Gasteiger partial charge in [0.25, 0.3) is 0 Å². The van der Waals surface area contributed by atoms with Crippen LogP contribution in [-0.4, -0.2) is 47.4 Å². The van der Waals surface area contributed by atoms with Crippen LogP contribution in [0.25, 0.3) is 0 Å². The Morgan fingerprint density at radius 1 is 1.47 bits per heavy atom. The Balaban J connectivity index is 4.19. The number of carbonyl (C=O) groups excluding carboxylic acids is 1. The van der Waals surface area contributed by atoms with Gasteiger partial charge < -0.3 is 20.3 Å². The summed E-state index contributed by atoms with van der Waals surface area (Å²) in [6.45, 7) is 2.79. The molecule has 0 saturated heterocycles. The first-order chi connectivity index (χ1) is 6.82. The number of hydrogen-bond acceptors (Lipinski definition) is 4. The monoisotopic (exact) mass is 219 g/mol. The molecule has 1 amide bonds. The highest BCUT2D eigenvalue weighted by molar-refractivity contribution is 5.84. The zero-order chi connectivity index (χ0) is 12.1.